The van der Waals surface area contributed by atoms with Crippen LogP contribution in [0.15, 0.2) is 65.2 Å². The topological polar surface area (TPSA) is 54.2 Å². The number of hydrogen-bond acceptors (Lipinski definition) is 5. The molecule has 1 aromatic heterocycles. The van der Waals surface area contributed by atoms with E-state index in [0.29, 0.717) is 17.8 Å². The number of likely N-dealkylation sites (tertiary alicyclic amines) is 1. The van der Waals surface area contributed by atoms with Gasteiger partial charge in [0.25, 0.3) is 0 Å². The minimum Gasteiger partial charge on any atom is -0.337 e. The van der Waals surface area contributed by atoms with E-state index in [9.17, 15) is 0 Å². The second-order valence-electron chi connectivity index (χ2n) is 6.76. The fourth-order valence-corrected chi connectivity index (χ4v) is 3.67. The van der Waals surface area contributed by atoms with Crippen molar-refractivity contribution in [2.45, 2.75) is 24.9 Å². The number of hydrogen-bond donors (Lipinski definition) is 1. The molecule has 0 saturated carbocycles. The maximum atomic E-state index is 5.73. The molecule has 5 nitrogen and oxygen atoms in total. The number of benzene rings is 2. The molecule has 6 heteroatoms. The summed E-state index contributed by atoms with van der Waals surface area (Å²) in [5, 5.41) is 7.65. The van der Waals surface area contributed by atoms with E-state index in [1.807, 2.05) is 43.4 Å². The molecule has 1 saturated heterocycles. The molecule has 4 rings (SSSR count). The Morgan fingerprint density at radius 1 is 1.07 bits per heavy atom. The van der Waals surface area contributed by atoms with Crippen molar-refractivity contribution in [3.8, 4) is 11.4 Å². The minimum absolute atomic E-state index is 0. The zero-order valence-corrected chi connectivity index (χ0v) is 16.2. The predicted molar refractivity (Wildman–Crippen MR) is 109 cm³/mol. The number of nitrogens with zero attached hydrogens (tertiary/aromatic N) is 3. The van der Waals surface area contributed by atoms with Crippen molar-refractivity contribution in [1.82, 2.24) is 20.4 Å². The van der Waals surface area contributed by atoms with Crippen molar-refractivity contribution in [3.05, 3.63) is 72.1 Å². The number of nitrogens with one attached hydrogen (secondary N) is 1. The molecule has 1 N–H and O–H groups in total. The van der Waals surface area contributed by atoms with Gasteiger partial charge < -0.3 is 9.84 Å². The fraction of sp³-hybridized carbons (Fsp3) is 0.333. The quantitative estimate of drug-likeness (QED) is 0.722. The lowest BCUT2D eigenvalue weighted by atomic mass is 9.99. The smallest absolute Gasteiger partial charge is 0.248 e. The Morgan fingerprint density at radius 3 is 2.48 bits per heavy atom. The maximum Gasteiger partial charge on any atom is 0.248 e. The van der Waals surface area contributed by atoms with Crippen LogP contribution in [0.2, 0.25) is 0 Å². The molecule has 2 unspecified atom stereocenters. The standard InChI is InChI=1S/C21H24N4O.ClH/c1-22-18-13-8-14-25(15-18)19(16-9-4-2-5-10-16)21-23-20(24-26-21)17-11-6-3-7-12-17;/h2-7,9-12,18-19,22H,8,13-15H2,1H3;1H. The van der Waals surface area contributed by atoms with Crippen LogP contribution in [0.25, 0.3) is 11.4 Å². The van der Waals surface area contributed by atoms with Gasteiger partial charge in [0.05, 0.1) is 0 Å². The molecule has 1 aliphatic heterocycles. The summed E-state index contributed by atoms with van der Waals surface area (Å²) in [7, 11) is 2.03. The molecule has 1 aliphatic rings. The number of rotatable bonds is 5. The minimum atomic E-state index is -0.0164. The van der Waals surface area contributed by atoms with Crippen LogP contribution in [-0.4, -0.2) is 41.2 Å². The van der Waals surface area contributed by atoms with Crippen LogP contribution in [0.4, 0.5) is 0 Å². The van der Waals surface area contributed by atoms with Crippen molar-refractivity contribution in [3.63, 3.8) is 0 Å². The molecule has 27 heavy (non-hydrogen) atoms. The molecule has 1 fully saturated rings. The zero-order chi connectivity index (χ0) is 17.8. The van der Waals surface area contributed by atoms with Gasteiger partial charge in [-0.05, 0) is 32.0 Å². The number of likely N-dealkylation sites (N-methyl/N-ethyl adjacent to an activating group) is 1. The van der Waals surface area contributed by atoms with E-state index in [-0.39, 0.29) is 18.4 Å². The Kier molecular flexibility index (Phi) is 6.61. The molecule has 3 aromatic rings. The molecule has 2 aromatic carbocycles. The molecule has 2 atom stereocenters. The highest BCUT2D eigenvalue weighted by Gasteiger charge is 2.31. The largest absolute Gasteiger partial charge is 0.337 e. The zero-order valence-electron chi connectivity index (χ0n) is 15.4. The van der Waals surface area contributed by atoms with Gasteiger partial charge in [-0.3, -0.25) is 4.90 Å². The normalized spacial score (nSPS) is 18.6. The van der Waals surface area contributed by atoms with Crippen LogP contribution in [0.1, 0.15) is 30.3 Å². The Bertz CT molecular complexity index is 824. The Balaban J connectivity index is 0.00000210. The number of aromatic nitrogens is 2. The van der Waals surface area contributed by atoms with E-state index in [1.165, 1.54) is 12.0 Å². The molecule has 0 amide bonds. The SMILES string of the molecule is CNC1CCCN(C(c2ccccc2)c2nc(-c3ccccc3)no2)C1.Cl. The molecule has 0 spiro atoms. The van der Waals surface area contributed by atoms with E-state index in [2.05, 4.69) is 39.6 Å². The van der Waals surface area contributed by atoms with Gasteiger partial charge >= 0.3 is 0 Å². The van der Waals surface area contributed by atoms with Crippen LogP contribution < -0.4 is 5.32 Å². The first-order valence-electron chi connectivity index (χ1n) is 9.20. The highest BCUT2D eigenvalue weighted by atomic mass is 35.5. The van der Waals surface area contributed by atoms with Crippen molar-refractivity contribution < 1.29 is 4.52 Å². The summed E-state index contributed by atoms with van der Waals surface area (Å²) in [5.74, 6) is 1.30. The average Bonchev–Trinajstić information content (AvgIpc) is 3.19. The third kappa shape index (κ3) is 4.38. The summed E-state index contributed by atoms with van der Waals surface area (Å²) >= 11 is 0. The van der Waals surface area contributed by atoms with Crippen molar-refractivity contribution in [2.24, 2.45) is 0 Å². The van der Waals surface area contributed by atoms with E-state index < -0.39 is 0 Å². The maximum absolute atomic E-state index is 5.73. The summed E-state index contributed by atoms with van der Waals surface area (Å²) in [6, 6.07) is 20.9. The van der Waals surface area contributed by atoms with E-state index >= 15 is 0 Å². The fourth-order valence-electron chi connectivity index (χ4n) is 3.67. The van der Waals surface area contributed by atoms with Crippen molar-refractivity contribution in [2.75, 3.05) is 20.1 Å². The second kappa shape index (κ2) is 9.13. The summed E-state index contributed by atoms with van der Waals surface area (Å²) in [4.78, 5) is 7.19. The number of piperidine rings is 1. The first-order chi connectivity index (χ1) is 12.8. The molecule has 2 heterocycles. The lowest BCUT2D eigenvalue weighted by Gasteiger charge is -2.36. The predicted octanol–water partition coefficient (Wildman–Crippen LogP) is 3.93. The van der Waals surface area contributed by atoms with Gasteiger partial charge in [0, 0.05) is 18.2 Å². The summed E-state index contributed by atoms with van der Waals surface area (Å²) in [6.45, 7) is 2.00. The van der Waals surface area contributed by atoms with Crippen LogP contribution >= 0.6 is 12.4 Å². The number of halogens is 1. The second-order valence-corrected chi connectivity index (χ2v) is 6.76. The highest BCUT2D eigenvalue weighted by molar-refractivity contribution is 5.85. The Morgan fingerprint density at radius 2 is 1.78 bits per heavy atom. The van der Waals surface area contributed by atoms with Crippen molar-refractivity contribution in [1.29, 1.82) is 0 Å². The van der Waals surface area contributed by atoms with Crippen LogP contribution in [0, 0.1) is 0 Å². The monoisotopic (exact) mass is 384 g/mol. The lowest BCUT2D eigenvalue weighted by molar-refractivity contribution is 0.137. The van der Waals surface area contributed by atoms with E-state index in [0.717, 1.165) is 25.1 Å². The highest BCUT2D eigenvalue weighted by Crippen LogP contribution is 2.31. The van der Waals surface area contributed by atoms with Gasteiger partial charge in [0.15, 0.2) is 0 Å². The third-order valence-electron chi connectivity index (χ3n) is 5.05. The van der Waals surface area contributed by atoms with Gasteiger partial charge in [-0.2, -0.15) is 4.98 Å². The van der Waals surface area contributed by atoms with Gasteiger partial charge in [-0.15, -0.1) is 12.4 Å². The van der Waals surface area contributed by atoms with Crippen LogP contribution in [0.3, 0.4) is 0 Å². The molecular formula is C21H25ClN4O. The van der Waals surface area contributed by atoms with Crippen molar-refractivity contribution >= 4 is 12.4 Å². The Labute approximate surface area is 166 Å². The van der Waals surface area contributed by atoms with Gasteiger partial charge in [0.2, 0.25) is 11.7 Å². The molecule has 0 bridgehead atoms. The van der Waals surface area contributed by atoms with Crippen LogP contribution in [0.5, 0.6) is 0 Å². The van der Waals surface area contributed by atoms with Gasteiger partial charge in [0.1, 0.15) is 6.04 Å². The molecular weight excluding hydrogens is 360 g/mol. The Hall–Kier alpha value is -2.21. The third-order valence-corrected chi connectivity index (χ3v) is 5.05. The molecule has 0 radical (unpaired) electrons. The van der Waals surface area contributed by atoms with Gasteiger partial charge in [-0.25, -0.2) is 0 Å². The summed E-state index contributed by atoms with van der Waals surface area (Å²) < 4.78 is 5.73. The summed E-state index contributed by atoms with van der Waals surface area (Å²) in [6.07, 6.45) is 2.36. The lowest BCUT2D eigenvalue weighted by Crippen LogP contribution is -2.46. The first kappa shape index (κ1) is 19.5. The van der Waals surface area contributed by atoms with Gasteiger partial charge in [-0.1, -0.05) is 65.8 Å². The molecule has 142 valence electrons. The molecule has 0 aliphatic carbocycles. The van der Waals surface area contributed by atoms with E-state index in [1.54, 1.807) is 0 Å². The average molecular weight is 385 g/mol. The van der Waals surface area contributed by atoms with E-state index in [4.69, 9.17) is 9.51 Å². The first-order valence-corrected chi connectivity index (χ1v) is 9.20. The summed E-state index contributed by atoms with van der Waals surface area (Å²) in [5.41, 5.74) is 2.16. The van der Waals surface area contributed by atoms with Crippen LogP contribution in [-0.2, 0) is 0 Å².